The van der Waals surface area contributed by atoms with Crippen LogP contribution in [0, 0.1) is 17.8 Å². The molecule has 1 aliphatic heterocycles. The fourth-order valence-corrected chi connectivity index (χ4v) is 5.85. The predicted molar refractivity (Wildman–Crippen MR) is 95.0 cm³/mol. The highest BCUT2D eigenvalue weighted by Gasteiger charge is 2.65. The third-order valence-corrected chi connectivity index (χ3v) is 7.17. The summed E-state index contributed by atoms with van der Waals surface area (Å²) in [7, 11) is 2.20. The second-order valence-electron chi connectivity index (χ2n) is 8.90. The van der Waals surface area contributed by atoms with E-state index in [0.717, 1.165) is 37.4 Å². The van der Waals surface area contributed by atoms with E-state index in [0.29, 0.717) is 24.0 Å². The standard InChI is InChI=1S/C21H27NO3/c1-12-9-14-5-6-16(23)19-18(14)21(7-8-22(2)11-13-3-4-13)15(12)10-17(24)20(21)25-19/h5-6,12-13,15,20,23H,3-4,7-11H2,1-2H3/t12?,15?,20?,21-/m1/s1. The van der Waals surface area contributed by atoms with Crippen molar-refractivity contribution in [1.82, 2.24) is 4.90 Å². The third kappa shape index (κ3) is 2.13. The summed E-state index contributed by atoms with van der Waals surface area (Å²) >= 11 is 0. The minimum absolute atomic E-state index is 0.194. The largest absolute Gasteiger partial charge is 0.504 e. The summed E-state index contributed by atoms with van der Waals surface area (Å²) < 4.78 is 6.12. The lowest BCUT2D eigenvalue weighted by Crippen LogP contribution is -2.47. The highest BCUT2D eigenvalue weighted by molar-refractivity contribution is 5.91. The zero-order valence-electron chi connectivity index (χ0n) is 15.1. The van der Waals surface area contributed by atoms with E-state index in [9.17, 15) is 9.90 Å². The van der Waals surface area contributed by atoms with Crippen molar-refractivity contribution in [3.05, 3.63) is 23.3 Å². The summed E-state index contributed by atoms with van der Waals surface area (Å²) in [6.45, 7) is 4.43. The summed E-state index contributed by atoms with van der Waals surface area (Å²) in [6, 6.07) is 3.78. The molecule has 1 N–H and O–H groups in total. The molecule has 1 heterocycles. The number of phenolic OH excluding ortho intramolecular Hbond substituents is 1. The number of carbonyl (C=O) groups is 1. The molecule has 4 atom stereocenters. The average molecular weight is 341 g/mol. The van der Waals surface area contributed by atoms with Crippen molar-refractivity contribution in [3.8, 4) is 11.5 Å². The van der Waals surface area contributed by atoms with Crippen molar-refractivity contribution in [2.45, 2.75) is 50.5 Å². The van der Waals surface area contributed by atoms with E-state index >= 15 is 0 Å². The zero-order chi connectivity index (χ0) is 17.3. The van der Waals surface area contributed by atoms with Gasteiger partial charge in [0.25, 0.3) is 0 Å². The van der Waals surface area contributed by atoms with Crippen molar-refractivity contribution in [2.75, 3.05) is 20.1 Å². The molecular weight excluding hydrogens is 314 g/mol. The maximum absolute atomic E-state index is 12.8. The van der Waals surface area contributed by atoms with Crippen LogP contribution in [0.5, 0.6) is 11.5 Å². The van der Waals surface area contributed by atoms with E-state index in [2.05, 4.69) is 18.9 Å². The molecule has 134 valence electrons. The smallest absolute Gasteiger partial charge is 0.174 e. The number of ether oxygens (including phenoxy) is 1. The molecule has 25 heavy (non-hydrogen) atoms. The first-order chi connectivity index (χ1) is 12.0. The molecule has 3 aliphatic carbocycles. The fourth-order valence-electron chi connectivity index (χ4n) is 5.85. The van der Waals surface area contributed by atoms with Crippen molar-refractivity contribution >= 4 is 5.78 Å². The van der Waals surface area contributed by atoms with Crippen LogP contribution in [0.3, 0.4) is 0 Å². The molecule has 0 spiro atoms. The van der Waals surface area contributed by atoms with Gasteiger partial charge in [-0.2, -0.15) is 0 Å². The molecule has 1 aromatic rings. The van der Waals surface area contributed by atoms with Gasteiger partial charge in [0.1, 0.15) is 0 Å². The number of hydrogen-bond donors (Lipinski definition) is 1. The topological polar surface area (TPSA) is 49.8 Å². The van der Waals surface area contributed by atoms with Gasteiger partial charge >= 0.3 is 0 Å². The molecule has 5 rings (SSSR count). The minimum Gasteiger partial charge on any atom is -0.504 e. The molecule has 4 nitrogen and oxygen atoms in total. The molecule has 4 heteroatoms. The summed E-state index contributed by atoms with van der Waals surface area (Å²) in [5.74, 6) is 2.71. The van der Waals surface area contributed by atoms with Gasteiger partial charge in [0, 0.05) is 23.9 Å². The third-order valence-electron chi connectivity index (χ3n) is 7.17. The lowest BCUT2D eigenvalue weighted by atomic mass is 9.59. The van der Waals surface area contributed by atoms with Gasteiger partial charge in [0.05, 0.1) is 0 Å². The Labute approximate surface area is 149 Å². The number of rotatable bonds is 5. The Morgan fingerprint density at radius 3 is 2.88 bits per heavy atom. The molecule has 1 aromatic carbocycles. The molecule has 4 aliphatic rings. The number of Topliss-reactive ketones (excluding diaryl/α,β-unsaturated/α-hetero) is 1. The SMILES string of the molecule is CC1Cc2ccc(O)c3c2[C@]2(CCN(C)CC4CC4)C(O3)C(=O)CC12. The number of nitrogens with zero attached hydrogens (tertiary/aromatic N) is 1. The number of carbonyl (C=O) groups excluding carboxylic acids is 1. The first-order valence-corrected chi connectivity index (χ1v) is 9.74. The zero-order valence-corrected chi connectivity index (χ0v) is 15.1. The van der Waals surface area contributed by atoms with Gasteiger partial charge in [-0.25, -0.2) is 0 Å². The van der Waals surface area contributed by atoms with Crippen molar-refractivity contribution in [3.63, 3.8) is 0 Å². The van der Waals surface area contributed by atoms with Crippen LogP contribution in [0.25, 0.3) is 0 Å². The number of ketones is 1. The van der Waals surface area contributed by atoms with Crippen LogP contribution in [-0.4, -0.2) is 42.0 Å². The van der Waals surface area contributed by atoms with Gasteiger partial charge in [-0.05, 0) is 68.7 Å². The van der Waals surface area contributed by atoms with Crippen LogP contribution < -0.4 is 4.74 Å². The van der Waals surface area contributed by atoms with Crippen LogP contribution in [0.4, 0.5) is 0 Å². The summed E-state index contributed by atoms with van der Waals surface area (Å²) in [5.41, 5.74) is 2.21. The monoisotopic (exact) mass is 341 g/mol. The van der Waals surface area contributed by atoms with E-state index in [-0.39, 0.29) is 16.9 Å². The highest BCUT2D eigenvalue weighted by Crippen LogP contribution is 2.63. The maximum atomic E-state index is 12.8. The quantitative estimate of drug-likeness (QED) is 0.895. The second-order valence-corrected chi connectivity index (χ2v) is 8.90. The Balaban J connectivity index is 1.55. The van der Waals surface area contributed by atoms with E-state index in [1.807, 2.05) is 6.07 Å². The molecule has 2 saturated carbocycles. The van der Waals surface area contributed by atoms with Gasteiger partial charge in [-0.15, -0.1) is 0 Å². The Bertz CT molecular complexity index is 741. The van der Waals surface area contributed by atoms with Gasteiger partial charge in [0.2, 0.25) is 0 Å². The Morgan fingerprint density at radius 1 is 1.32 bits per heavy atom. The lowest BCUT2D eigenvalue weighted by Gasteiger charge is -2.43. The highest BCUT2D eigenvalue weighted by atomic mass is 16.5. The van der Waals surface area contributed by atoms with E-state index in [1.165, 1.54) is 18.4 Å². The Kier molecular flexibility index (Phi) is 3.28. The van der Waals surface area contributed by atoms with Gasteiger partial charge in [-0.1, -0.05) is 13.0 Å². The average Bonchev–Trinajstić information content (AvgIpc) is 3.23. The number of benzene rings is 1. The molecular formula is C21H27NO3. The van der Waals surface area contributed by atoms with Crippen LogP contribution in [0.2, 0.25) is 0 Å². The molecule has 0 aromatic heterocycles. The van der Waals surface area contributed by atoms with Crippen LogP contribution in [0.1, 0.15) is 43.7 Å². The lowest BCUT2D eigenvalue weighted by molar-refractivity contribution is -0.123. The normalized spacial score (nSPS) is 35.2. The molecule has 3 unspecified atom stereocenters. The number of aromatic hydroxyl groups is 1. The molecule has 0 saturated heterocycles. The van der Waals surface area contributed by atoms with Crippen molar-refractivity contribution < 1.29 is 14.6 Å². The van der Waals surface area contributed by atoms with Gasteiger partial charge in [-0.3, -0.25) is 4.79 Å². The first-order valence-electron chi connectivity index (χ1n) is 9.74. The van der Waals surface area contributed by atoms with Gasteiger partial charge < -0.3 is 14.7 Å². The molecule has 2 fully saturated rings. The second kappa shape index (κ2) is 5.23. The summed E-state index contributed by atoms with van der Waals surface area (Å²) in [5, 5.41) is 10.3. The van der Waals surface area contributed by atoms with Gasteiger partial charge in [0.15, 0.2) is 23.4 Å². The first kappa shape index (κ1) is 15.7. The van der Waals surface area contributed by atoms with E-state index in [4.69, 9.17) is 4.74 Å². The van der Waals surface area contributed by atoms with Crippen LogP contribution in [-0.2, 0) is 16.6 Å². The Morgan fingerprint density at radius 2 is 2.12 bits per heavy atom. The predicted octanol–water partition coefficient (Wildman–Crippen LogP) is 2.90. The number of phenols is 1. The molecule has 0 radical (unpaired) electrons. The summed E-state index contributed by atoms with van der Waals surface area (Å²) in [4.78, 5) is 15.2. The maximum Gasteiger partial charge on any atom is 0.174 e. The molecule has 0 bridgehead atoms. The number of hydrogen-bond acceptors (Lipinski definition) is 4. The Hall–Kier alpha value is -1.55. The fraction of sp³-hybridized carbons (Fsp3) is 0.667. The minimum atomic E-state index is -0.392. The van der Waals surface area contributed by atoms with E-state index in [1.54, 1.807) is 6.07 Å². The molecule has 0 amide bonds. The van der Waals surface area contributed by atoms with Crippen LogP contribution >= 0.6 is 0 Å². The van der Waals surface area contributed by atoms with Crippen LogP contribution in [0.15, 0.2) is 12.1 Å². The van der Waals surface area contributed by atoms with Crippen molar-refractivity contribution in [2.24, 2.45) is 17.8 Å². The van der Waals surface area contributed by atoms with Crippen molar-refractivity contribution in [1.29, 1.82) is 0 Å². The summed E-state index contributed by atoms with van der Waals surface area (Å²) in [6.07, 6.45) is 4.89. The van der Waals surface area contributed by atoms with E-state index < -0.39 is 6.10 Å².